The predicted molar refractivity (Wildman–Crippen MR) is 53.5 cm³/mol. The molecule has 3 nitrogen and oxygen atoms in total. The van der Waals surface area contributed by atoms with Gasteiger partial charge in [-0.2, -0.15) is 0 Å². The molecule has 0 radical (unpaired) electrons. The molecule has 3 heteroatoms. The summed E-state index contributed by atoms with van der Waals surface area (Å²) in [6.45, 7) is 9.26. The molecule has 0 aromatic rings. The van der Waals surface area contributed by atoms with E-state index in [-0.39, 0.29) is 11.8 Å². The number of likely N-dealkylation sites (tertiary alicyclic amines) is 1. The van der Waals surface area contributed by atoms with Crippen LogP contribution in [0.5, 0.6) is 0 Å². The summed E-state index contributed by atoms with van der Waals surface area (Å²) in [5.41, 5.74) is 0. The van der Waals surface area contributed by atoms with Crippen LogP contribution in [0.4, 0.5) is 0 Å². The number of carbonyl (C=O) groups excluding carboxylic acids is 1. The Morgan fingerprint density at radius 1 is 1.62 bits per heavy atom. The van der Waals surface area contributed by atoms with E-state index in [2.05, 4.69) is 17.1 Å². The summed E-state index contributed by atoms with van der Waals surface area (Å²) in [7, 11) is 0. The topological polar surface area (TPSA) is 32.3 Å². The van der Waals surface area contributed by atoms with Crippen LogP contribution in [0.15, 0.2) is 0 Å². The van der Waals surface area contributed by atoms with Crippen molar-refractivity contribution < 1.29 is 4.79 Å². The van der Waals surface area contributed by atoms with Crippen molar-refractivity contribution in [1.29, 1.82) is 0 Å². The minimum absolute atomic E-state index is 0.107. The van der Waals surface area contributed by atoms with Crippen LogP contribution in [0.3, 0.4) is 0 Å². The summed E-state index contributed by atoms with van der Waals surface area (Å²) in [6, 6.07) is 0.384. The molecule has 0 aliphatic carbocycles. The van der Waals surface area contributed by atoms with Crippen LogP contribution in [-0.2, 0) is 4.79 Å². The van der Waals surface area contributed by atoms with Crippen molar-refractivity contribution in [3.63, 3.8) is 0 Å². The van der Waals surface area contributed by atoms with Crippen LogP contribution < -0.4 is 5.32 Å². The predicted octanol–water partition coefficient (Wildman–Crippen LogP) is 0.853. The van der Waals surface area contributed by atoms with E-state index in [1.807, 2.05) is 13.8 Å². The van der Waals surface area contributed by atoms with Crippen LogP contribution in [0.25, 0.3) is 0 Å². The summed E-state index contributed by atoms with van der Waals surface area (Å²) >= 11 is 0. The van der Waals surface area contributed by atoms with Crippen LogP contribution in [-0.4, -0.2) is 36.5 Å². The van der Waals surface area contributed by atoms with Crippen molar-refractivity contribution in [1.82, 2.24) is 10.2 Å². The molecule has 0 saturated carbocycles. The molecule has 1 atom stereocenters. The van der Waals surface area contributed by atoms with E-state index in [1.165, 1.54) is 0 Å². The fourth-order valence-electron chi connectivity index (χ4n) is 1.61. The highest BCUT2D eigenvalue weighted by Crippen LogP contribution is 2.08. The van der Waals surface area contributed by atoms with Gasteiger partial charge in [0.1, 0.15) is 0 Å². The molecule has 13 heavy (non-hydrogen) atoms. The molecule has 0 aromatic heterocycles. The maximum Gasteiger partial charge on any atom is 0.222 e. The van der Waals surface area contributed by atoms with E-state index >= 15 is 0 Å². The van der Waals surface area contributed by atoms with Gasteiger partial charge in [-0.05, 0) is 13.0 Å². The molecular formula is C10H20N2O. The Kier molecular flexibility index (Phi) is 3.72. The number of carbonyl (C=O) groups is 1. The van der Waals surface area contributed by atoms with Crippen molar-refractivity contribution in [2.75, 3.05) is 19.6 Å². The molecule has 76 valence electrons. The zero-order valence-electron chi connectivity index (χ0n) is 8.84. The zero-order chi connectivity index (χ0) is 9.84. The monoisotopic (exact) mass is 184 g/mol. The zero-order valence-corrected chi connectivity index (χ0v) is 8.84. The summed E-state index contributed by atoms with van der Waals surface area (Å²) in [6.07, 6.45) is 1.10. The van der Waals surface area contributed by atoms with E-state index < -0.39 is 0 Å². The Bertz CT molecular complexity index is 180. The van der Waals surface area contributed by atoms with E-state index in [4.69, 9.17) is 0 Å². The Hall–Kier alpha value is -0.570. The number of nitrogens with zero attached hydrogens (tertiary/aromatic N) is 1. The van der Waals surface area contributed by atoms with Gasteiger partial charge in [-0.3, -0.25) is 4.79 Å². The molecule has 1 N–H and O–H groups in total. The summed E-state index contributed by atoms with van der Waals surface area (Å²) < 4.78 is 0. The van der Waals surface area contributed by atoms with Gasteiger partial charge in [0.2, 0.25) is 5.91 Å². The van der Waals surface area contributed by atoms with Crippen molar-refractivity contribution in [3.8, 4) is 0 Å². The molecule has 0 bridgehead atoms. The van der Waals surface area contributed by atoms with Crippen LogP contribution in [0, 0.1) is 5.92 Å². The molecule has 1 rings (SSSR count). The maximum absolute atomic E-state index is 11.4. The fourth-order valence-corrected chi connectivity index (χ4v) is 1.61. The third-order valence-electron chi connectivity index (χ3n) is 2.59. The van der Waals surface area contributed by atoms with E-state index in [0.717, 1.165) is 26.1 Å². The first kappa shape index (κ1) is 10.5. The van der Waals surface area contributed by atoms with Gasteiger partial charge < -0.3 is 10.2 Å². The molecule has 1 fully saturated rings. The van der Waals surface area contributed by atoms with Gasteiger partial charge in [-0.25, -0.2) is 0 Å². The number of hydrogen-bond donors (Lipinski definition) is 1. The molecule has 1 aliphatic rings. The lowest BCUT2D eigenvalue weighted by molar-refractivity contribution is -0.124. The number of rotatable bonds is 3. The number of hydrogen-bond acceptors (Lipinski definition) is 2. The average Bonchev–Trinajstić information content (AvgIpc) is 2.52. The standard InChI is InChI=1S/C10H20N2O/c1-4-12-6-5-9(7-12)11-10(13)8(2)3/h8-9H,4-7H2,1-3H3,(H,11,13). The van der Waals surface area contributed by atoms with E-state index in [0.29, 0.717) is 6.04 Å². The molecule has 1 saturated heterocycles. The van der Waals surface area contributed by atoms with Crippen molar-refractivity contribution in [2.24, 2.45) is 5.92 Å². The molecule has 1 aliphatic heterocycles. The first-order chi connectivity index (χ1) is 6.13. The van der Waals surface area contributed by atoms with Crippen molar-refractivity contribution >= 4 is 5.91 Å². The van der Waals surface area contributed by atoms with Gasteiger partial charge in [0.15, 0.2) is 0 Å². The third-order valence-corrected chi connectivity index (χ3v) is 2.59. The second kappa shape index (κ2) is 4.61. The van der Waals surface area contributed by atoms with Crippen LogP contribution in [0.1, 0.15) is 27.2 Å². The van der Waals surface area contributed by atoms with Gasteiger partial charge in [0, 0.05) is 25.0 Å². The average molecular weight is 184 g/mol. The van der Waals surface area contributed by atoms with Crippen LogP contribution in [0.2, 0.25) is 0 Å². The quantitative estimate of drug-likeness (QED) is 0.705. The lowest BCUT2D eigenvalue weighted by Gasteiger charge is -2.15. The fraction of sp³-hybridized carbons (Fsp3) is 0.900. The van der Waals surface area contributed by atoms with E-state index in [1.54, 1.807) is 0 Å². The normalized spacial score (nSPS) is 23.8. The number of amides is 1. The molecular weight excluding hydrogens is 164 g/mol. The smallest absolute Gasteiger partial charge is 0.222 e. The number of nitrogens with one attached hydrogen (secondary N) is 1. The van der Waals surface area contributed by atoms with Crippen molar-refractivity contribution in [2.45, 2.75) is 33.2 Å². The largest absolute Gasteiger partial charge is 0.352 e. The van der Waals surface area contributed by atoms with Gasteiger partial charge >= 0.3 is 0 Å². The summed E-state index contributed by atoms with van der Waals surface area (Å²) in [5.74, 6) is 0.290. The first-order valence-corrected chi connectivity index (χ1v) is 5.16. The van der Waals surface area contributed by atoms with Gasteiger partial charge in [-0.15, -0.1) is 0 Å². The Morgan fingerprint density at radius 3 is 2.77 bits per heavy atom. The molecule has 0 spiro atoms. The van der Waals surface area contributed by atoms with E-state index in [9.17, 15) is 4.79 Å². The lowest BCUT2D eigenvalue weighted by atomic mass is 10.2. The summed E-state index contributed by atoms with van der Waals surface area (Å²) in [5, 5.41) is 3.06. The highest BCUT2D eigenvalue weighted by molar-refractivity contribution is 5.78. The Morgan fingerprint density at radius 2 is 2.31 bits per heavy atom. The van der Waals surface area contributed by atoms with Crippen LogP contribution >= 0.6 is 0 Å². The minimum atomic E-state index is 0.107. The second-order valence-corrected chi connectivity index (χ2v) is 4.04. The number of likely N-dealkylation sites (N-methyl/N-ethyl adjacent to an activating group) is 1. The highest BCUT2D eigenvalue weighted by Gasteiger charge is 2.22. The third kappa shape index (κ3) is 2.99. The molecule has 1 amide bonds. The first-order valence-electron chi connectivity index (χ1n) is 5.16. The molecule has 0 aromatic carbocycles. The molecule has 1 heterocycles. The summed E-state index contributed by atoms with van der Waals surface area (Å²) in [4.78, 5) is 13.7. The second-order valence-electron chi connectivity index (χ2n) is 4.04. The SMILES string of the molecule is CCN1CCC(NC(=O)C(C)C)C1. The van der Waals surface area contributed by atoms with Crippen molar-refractivity contribution in [3.05, 3.63) is 0 Å². The molecule has 1 unspecified atom stereocenters. The minimum Gasteiger partial charge on any atom is -0.352 e. The lowest BCUT2D eigenvalue weighted by Crippen LogP contribution is -2.39. The Balaban J connectivity index is 2.28. The Labute approximate surface area is 80.5 Å². The maximum atomic E-state index is 11.4. The highest BCUT2D eigenvalue weighted by atomic mass is 16.1. The van der Waals surface area contributed by atoms with Gasteiger partial charge in [-0.1, -0.05) is 20.8 Å². The van der Waals surface area contributed by atoms with Gasteiger partial charge in [0.05, 0.1) is 0 Å². The van der Waals surface area contributed by atoms with Gasteiger partial charge in [0.25, 0.3) is 0 Å².